The molecule has 0 spiro atoms. The monoisotopic (exact) mass is 265 g/mol. The van der Waals surface area contributed by atoms with Gasteiger partial charge in [0.15, 0.2) is 0 Å². The summed E-state index contributed by atoms with van der Waals surface area (Å²) in [6.07, 6.45) is 5.15. The Bertz CT molecular complexity index is 299. The predicted molar refractivity (Wildman–Crippen MR) is 66.3 cm³/mol. The fraction of sp³-hybridized carbons (Fsp3) is 1.00. The Labute approximate surface area is 104 Å². The highest BCUT2D eigenvalue weighted by Crippen LogP contribution is 2.24. The van der Waals surface area contributed by atoms with Crippen LogP contribution in [0.5, 0.6) is 0 Å². The first-order valence-electron chi connectivity index (χ1n) is 6.21. The maximum Gasteiger partial charge on any atom is 0.216 e. The highest BCUT2D eigenvalue weighted by molar-refractivity contribution is 7.89. The van der Waals surface area contributed by atoms with Crippen LogP contribution in [0.25, 0.3) is 0 Å². The van der Waals surface area contributed by atoms with E-state index in [1.165, 1.54) is 17.8 Å². The Kier molecular flexibility index (Phi) is 6.40. The third kappa shape index (κ3) is 4.54. The first-order chi connectivity index (χ1) is 8.11. The van der Waals surface area contributed by atoms with Crippen molar-refractivity contribution in [3.05, 3.63) is 0 Å². The molecule has 0 amide bonds. The van der Waals surface area contributed by atoms with Gasteiger partial charge in [0.2, 0.25) is 10.0 Å². The van der Waals surface area contributed by atoms with Gasteiger partial charge in [0.1, 0.15) is 0 Å². The molecule has 1 rings (SSSR count). The standard InChI is InChI=1S/C11H23NO4S/c1-16-9-10-17(14,15)12(7-8-13)11-5-3-2-4-6-11/h11,13H,2-10H2,1H3. The first-order valence-corrected chi connectivity index (χ1v) is 7.82. The number of methoxy groups -OCH3 is 1. The number of rotatable bonds is 7. The third-order valence-electron chi connectivity index (χ3n) is 3.21. The zero-order valence-electron chi connectivity index (χ0n) is 10.5. The molecule has 0 unspecified atom stereocenters. The van der Waals surface area contributed by atoms with E-state index < -0.39 is 10.0 Å². The second-order valence-corrected chi connectivity index (χ2v) is 6.48. The summed E-state index contributed by atoms with van der Waals surface area (Å²) in [5.41, 5.74) is 0. The molecule has 0 aromatic heterocycles. The minimum atomic E-state index is -3.30. The molecule has 0 aromatic carbocycles. The van der Waals surface area contributed by atoms with Gasteiger partial charge in [0.05, 0.1) is 19.0 Å². The zero-order valence-corrected chi connectivity index (χ0v) is 11.3. The van der Waals surface area contributed by atoms with Crippen LogP contribution < -0.4 is 0 Å². The van der Waals surface area contributed by atoms with Gasteiger partial charge in [-0.2, -0.15) is 4.31 Å². The van der Waals surface area contributed by atoms with Gasteiger partial charge >= 0.3 is 0 Å². The van der Waals surface area contributed by atoms with Crippen molar-refractivity contribution in [1.82, 2.24) is 4.31 Å². The minimum absolute atomic E-state index is 0. The van der Waals surface area contributed by atoms with Crippen LogP contribution >= 0.6 is 0 Å². The number of nitrogens with zero attached hydrogens (tertiary/aromatic N) is 1. The number of sulfonamides is 1. The summed E-state index contributed by atoms with van der Waals surface area (Å²) in [7, 11) is -1.81. The van der Waals surface area contributed by atoms with E-state index in [0.29, 0.717) is 0 Å². The van der Waals surface area contributed by atoms with Gasteiger partial charge < -0.3 is 9.84 Å². The fourth-order valence-electron chi connectivity index (χ4n) is 2.32. The lowest BCUT2D eigenvalue weighted by molar-refractivity contribution is 0.192. The number of ether oxygens (including phenoxy) is 1. The van der Waals surface area contributed by atoms with Crippen LogP contribution in [0.15, 0.2) is 0 Å². The molecule has 0 atom stereocenters. The molecule has 17 heavy (non-hydrogen) atoms. The van der Waals surface area contributed by atoms with E-state index in [4.69, 9.17) is 9.84 Å². The van der Waals surface area contributed by atoms with E-state index >= 15 is 0 Å². The molecule has 6 heteroatoms. The highest BCUT2D eigenvalue weighted by atomic mass is 32.2. The Morgan fingerprint density at radius 2 is 1.94 bits per heavy atom. The lowest BCUT2D eigenvalue weighted by Crippen LogP contribution is -2.44. The molecule has 1 fully saturated rings. The molecule has 0 heterocycles. The average Bonchev–Trinajstić information content (AvgIpc) is 2.34. The van der Waals surface area contributed by atoms with Crippen LogP contribution in [0.4, 0.5) is 0 Å². The van der Waals surface area contributed by atoms with E-state index in [1.807, 2.05) is 0 Å². The number of hydrogen-bond donors (Lipinski definition) is 1. The molecule has 1 aliphatic rings. The summed E-state index contributed by atoms with van der Waals surface area (Å²) in [6, 6.07) is 0.0674. The molecular formula is C11H23NO4S. The quantitative estimate of drug-likeness (QED) is 0.731. The molecule has 0 aromatic rings. The lowest BCUT2D eigenvalue weighted by atomic mass is 9.95. The lowest BCUT2D eigenvalue weighted by Gasteiger charge is -2.32. The van der Waals surface area contributed by atoms with Crippen LogP contribution in [0.3, 0.4) is 0 Å². The van der Waals surface area contributed by atoms with Crippen LogP contribution in [0, 0.1) is 0 Å². The maximum atomic E-state index is 12.1. The summed E-state index contributed by atoms with van der Waals surface area (Å²) in [6.45, 7) is 0.288. The summed E-state index contributed by atoms with van der Waals surface area (Å²) in [5, 5.41) is 9.02. The Balaban J connectivity index is 2.68. The van der Waals surface area contributed by atoms with Crippen molar-refractivity contribution in [2.24, 2.45) is 0 Å². The van der Waals surface area contributed by atoms with E-state index in [0.717, 1.165) is 25.7 Å². The van der Waals surface area contributed by atoms with Crippen LogP contribution in [-0.4, -0.2) is 56.5 Å². The third-order valence-corrected chi connectivity index (χ3v) is 5.08. The smallest absolute Gasteiger partial charge is 0.216 e. The predicted octanol–water partition coefficient (Wildman–Crippen LogP) is 0.590. The molecule has 1 aliphatic carbocycles. The van der Waals surface area contributed by atoms with E-state index in [-0.39, 0.29) is 31.6 Å². The van der Waals surface area contributed by atoms with Crippen molar-refractivity contribution in [3.63, 3.8) is 0 Å². The zero-order chi connectivity index (χ0) is 12.7. The highest BCUT2D eigenvalue weighted by Gasteiger charge is 2.30. The molecular weight excluding hydrogens is 242 g/mol. The summed E-state index contributed by atoms with van der Waals surface area (Å²) in [5.74, 6) is 0. The van der Waals surface area contributed by atoms with Crippen molar-refractivity contribution in [1.29, 1.82) is 0 Å². The van der Waals surface area contributed by atoms with Gasteiger partial charge in [-0.15, -0.1) is 0 Å². The first kappa shape index (κ1) is 14.9. The molecule has 1 saturated carbocycles. The van der Waals surface area contributed by atoms with Gasteiger partial charge in [-0.05, 0) is 12.8 Å². The number of hydrogen-bond acceptors (Lipinski definition) is 4. The summed E-state index contributed by atoms with van der Waals surface area (Å²) < 4.78 is 30.5. The van der Waals surface area contributed by atoms with Crippen LogP contribution in [0.1, 0.15) is 32.1 Å². The normalized spacial score (nSPS) is 18.8. The second-order valence-electron chi connectivity index (χ2n) is 4.43. The largest absolute Gasteiger partial charge is 0.395 e. The van der Waals surface area contributed by atoms with Gasteiger partial charge in [-0.25, -0.2) is 8.42 Å². The van der Waals surface area contributed by atoms with Crippen molar-refractivity contribution in [3.8, 4) is 0 Å². The second kappa shape index (κ2) is 7.31. The van der Waals surface area contributed by atoms with E-state index in [9.17, 15) is 8.42 Å². The summed E-state index contributed by atoms with van der Waals surface area (Å²) in [4.78, 5) is 0. The fourth-order valence-corrected chi connectivity index (χ4v) is 3.96. The average molecular weight is 265 g/mol. The van der Waals surface area contributed by atoms with Crippen molar-refractivity contribution in [2.45, 2.75) is 38.1 Å². The number of aliphatic hydroxyl groups is 1. The van der Waals surface area contributed by atoms with Crippen LogP contribution in [0.2, 0.25) is 0 Å². The topological polar surface area (TPSA) is 66.8 Å². The van der Waals surface area contributed by atoms with Crippen molar-refractivity contribution in [2.75, 3.05) is 32.6 Å². The molecule has 102 valence electrons. The molecule has 0 bridgehead atoms. The molecule has 5 nitrogen and oxygen atoms in total. The SMILES string of the molecule is COCCS(=O)(=O)N(CCO)C1CCCCC1. The van der Waals surface area contributed by atoms with Gasteiger partial charge in [0.25, 0.3) is 0 Å². The molecule has 0 aliphatic heterocycles. The molecule has 0 saturated heterocycles. The minimum Gasteiger partial charge on any atom is -0.395 e. The van der Waals surface area contributed by atoms with Crippen molar-refractivity contribution >= 4 is 10.0 Å². The van der Waals surface area contributed by atoms with Gasteiger partial charge in [-0.3, -0.25) is 0 Å². The Hall–Kier alpha value is -0.170. The van der Waals surface area contributed by atoms with Gasteiger partial charge in [0, 0.05) is 19.7 Å². The Morgan fingerprint density at radius 1 is 1.29 bits per heavy atom. The van der Waals surface area contributed by atoms with Crippen molar-refractivity contribution < 1.29 is 18.3 Å². The van der Waals surface area contributed by atoms with Gasteiger partial charge in [-0.1, -0.05) is 19.3 Å². The Morgan fingerprint density at radius 3 is 2.47 bits per heavy atom. The molecule has 0 radical (unpaired) electrons. The van der Waals surface area contributed by atoms with E-state index in [2.05, 4.69) is 0 Å². The summed E-state index contributed by atoms with van der Waals surface area (Å²) >= 11 is 0. The molecule has 1 N–H and O–H groups in total. The van der Waals surface area contributed by atoms with E-state index in [1.54, 1.807) is 0 Å². The number of aliphatic hydroxyl groups excluding tert-OH is 1. The maximum absolute atomic E-state index is 12.1. The van der Waals surface area contributed by atoms with Crippen LogP contribution in [-0.2, 0) is 14.8 Å².